The summed E-state index contributed by atoms with van der Waals surface area (Å²) in [6, 6.07) is 11.1. The van der Waals surface area contributed by atoms with E-state index in [4.69, 9.17) is 9.47 Å². The molecule has 2 aromatic rings. The Balaban J connectivity index is 1.15. The molecule has 6 nitrogen and oxygen atoms in total. The molecular weight excluding hydrogens is 436 g/mol. The molecule has 0 amide bonds. The van der Waals surface area contributed by atoms with Gasteiger partial charge in [-0.05, 0) is 100 Å². The molecule has 0 spiro atoms. The minimum Gasteiger partial charge on any atom is -0.489 e. The van der Waals surface area contributed by atoms with E-state index in [0.29, 0.717) is 33.1 Å². The van der Waals surface area contributed by atoms with E-state index in [1.165, 1.54) is 25.7 Å². The van der Waals surface area contributed by atoms with Crippen LogP contribution in [0.4, 0.5) is 0 Å². The molecule has 0 unspecified atom stereocenters. The molecule has 4 bridgehead atoms. The first kappa shape index (κ1) is 20.3. The fourth-order valence-electron chi connectivity index (χ4n) is 6.60. The Bertz CT molecular complexity index is 1110. The molecule has 7 aliphatic heterocycles. The van der Waals surface area contributed by atoms with Crippen molar-refractivity contribution in [3.63, 3.8) is 0 Å². The third kappa shape index (κ3) is 3.31. The van der Waals surface area contributed by atoms with Crippen molar-refractivity contribution < 1.29 is 17.9 Å². The van der Waals surface area contributed by atoms with Crippen LogP contribution in [0.25, 0.3) is 11.1 Å². The topological polar surface area (TPSA) is 59.1 Å². The number of fused-ring (bicyclic) bond motifs is 9. The van der Waals surface area contributed by atoms with Gasteiger partial charge in [-0.2, -0.15) is 0 Å². The highest BCUT2D eigenvalue weighted by molar-refractivity contribution is 7.92. The third-order valence-electron chi connectivity index (χ3n) is 8.54. The summed E-state index contributed by atoms with van der Waals surface area (Å²) in [6.07, 6.45) is 4.98. The summed E-state index contributed by atoms with van der Waals surface area (Å²) in [5, 5.41) is 0. The molecule has 0 aliphatic carbocycles. The maximum atomic E-state index is 13.5. The molecular formula is C26H30N2O4S. The van der Waals surface area contributed by atoms with Crippen molar-refractivity contribution in [2.24, 2.45) is 11.8 Å². The van der Waals surface area contributed by atoms with Crippen molar-refractivity contribution in [2.45, 2.75) is 47.7 Å². The number of nitrogens with zero attached hydrogens (tertiary/aromatic N) is 2. The van der Waals surface area contributed by atoms with E-state index < -0.39 is 9.84 Å². The van der Waals surface area contributed by atoms with Crippen molar-refractivity contribution in [1.29, 1.82) is 0 Å². The van der Waals surface area contributed by atoms with Gasteiger partial charge < -0.3 is 9.47 Å². The smallest absolute Gasteiger partial charge is 0.208 e. The molecule has 0 aromatic heterocycles. The summed E-state index contributed by atoms with van der Waals surface area (Å²) in [6.45, 7) is 6.50. The van der Waals surface area contributed by atoms with Gasteiger partial charge in [0.1, 0.15) is 23.7 Å². The standard InChI is InChI=1S/C26H30N2O4S/c29-33(30)25-13-19(31-23-15-27-9-5-17(23)6-10-27)1-3-21(25)22-4-2-20(14-26(22)33)32-24-16-28-11-7-18(24)8-12-28/h1-4,13-14,17-18,23-24H,5-12,15-16H2/t23-,24-/m1/s1. The average molecular weight is 467 g/mol. The quantitative estimate of drug-likeness (QED) is 0.587. The molecule has 6 saturated heterocycles. The minimum absolute atomic E-state index is 0.151. The second-order valence-corrected chi connectivity index (χ2v) is 12.3. The first-order valence-corrected chi connectivity index (χ1v) is 13.8. The zero-order valence-corrected chi connectivity index (χ0v) is 19.6. The third-order valence-corrected chi connectivity index (χ3v) is 10.4. The minimum atomic E-state index is -3.59. The van der Waals surface area contributed by atoms with E-state index in [9.17, 15) is 8.42 Å². The molecule has 9 rings (SSSR count). The van der Waals surface area contributed by atoms with Crippen LogP contribution in [0, 0.1) is 11.8 Å². The summed E-state index contributed by atoms with van der Waals surface area (Å²) in [5.41, 5.74) is 1.53. The Labute approximate surface area is 195 Å². The number of ether oxygens (including phenoxy) is 2. The van der Waals surface area contributed by atoms with Crippen molar-refractivity contribution in [1.82, 2.24) is 9.80 Å². The lowest BCUT2D eigenvalue weighted by Crippen LogP contribution is -2.52. The van der Waals surface area contributed by atoms with Crippen LogP contribution in [0.3, 0.4) is 0 Å². The van der Waals surface area contributed by atoms with E-state index in [0.717, 1.165) is 50.4 Å². The lowest BCUT2D eigenvalue weighted by molar-refractivity contribution is -0.00789. The van der Waals surface area contributed by atoms with Gasteiger partial charge in [0.05, 0.1) is 9.79 Å². The summed E-state index contributed by atoms with van der Waals surface area (Å²) < 4.78 is 39.6. The van der Waals surface area contributed by atoms with Crippen molar-refractivity contribution in [3.8, 4) is 22.6 Å². The molecule has 2 atom stereocenters. The normalized spacial score (nSPS) is 35.2. The zero-order chi connectivity index (χ0) is 22.2. The Morgan fingerprint density at radius 2 is 1.09 bits per heavy atom. The van der Waals surface area contributed by atoms with E-state index in [1.54, 1.807) is 12.1 Å². The molecule has 6 fully saturated rings. The molecule has 2 aromatic carbocycles. The summed E-state index contributed by atoms with van der Waals surface area (Å²) in [7, 11) is -3.59. The second kappa shape index (κ2) is 7.45. The van der Waals surface area contributed by atoms with Crippen LogP contribution in [-0.2, 0) is 9.84 Å². The average Bonchev–Trinajstić information content (AvgIpc) is 3.07. The lowest BCUT2D eigenvalue weighted by atomic mass is 9.86. The van der Waals surface area contributed by atoms with Crippen LogP contribution in [0.1, 0.15) is 25.7 Å². The van der Waals surface area contributed by atoms with E-state index in [1.807, 2.05) is 24.3 Å². The van der Waals surface area contributed by atoms with Crippen LogP contribution in [0.2, 0.25) is 0 Å². The van der Waals surface area contributed by atoms with Gasteiger partial charge in [0.2, 0.25) is 9.84 Å². The monoisotopic (exact) mass is 466 g/mol. The van der Waals surface area contributed by atoms with Crippen LogP contribution in [0.5, 0.6) is 11.5 Å². The highest BCUT2D eigenvalue weighted by atomic mass is 32.2. The van der Waals surface area contributed by atoms with Crippen LogP contribution >= 0.6 is 0 Å². The fourth-order valence-corrected chi connectivity index (χ4v) is 8.31. The number of hydrogen-bond acceptors (Lipinski definition) is 6. The Morgan fingerprint density at radius 3 is 1.45 bits per heavy atom. The Hall–Kier alpha value is -2.09. The van der Waals surface area contributed by atoms with Crippen molar-refractivity contribution in [3.05, 3.63) is 36.4 Å². The molecule has 0 N–H and O–H groups in total. The van der Waals surface area contributed by atoms with Gasteiger partial charge in [-0.3, -0.25) is 9.80 Å². The highest BCUT2D eigenvalue weighted by Crippen LogP contribution is 2.46. The Morgan fingerprint density at radius 1 is 0.667 bits per heavy atom. The summed E-state index contributed by atoms with van der Waals surface area (Å²) >= 11 is 0. The number of rotatable bonds is 4. The Kier molecular flexibility index (Phi) is 4.58. The van der Waals surface area contributed by atoms with Gasteiger partial charge >= 0.3 is 0 Å². The van der Waals surface area contributed by atoms with E-state index >= 15 is 0 Å². The largest absolute Gasteiger partial charge is 0.489 e. The van der Waals surface area contributed by atoms with Gasteiger partial charge in [-0.1, -0.05) is 0 Å². The summed E-state index contributed by atoms with van der Waals surface area (Å²) in [5.74, 6) is 2.46. The van der Waals surface area contributed by atoms with E-state index in [-0.39, 0.29) is 12.2 Å². The molecule has 7 heterocycles. The maximum Gasteiger partial charge on any atom is 0.208 e. The van der Waals surface area contributed by atoms with Gasteiger partial charge in [-0.25, -0.2) is 8.42 Å². The van der Waals surface area contributed by atoms with Crippen LogP contribution in [-0.4, -0.2) is 69.7 Å². The lowest BCUT2D eigenvalue weighted by Gasteiger charge is -2.44. The first-order chi connectivity index (χ1) is 16.0. The van der Waals surface area contributed by atoms with Gasteiger partial charge in [0, 0.05) is 24.2 Å². The first-order valence-electron chi connectivity index (χ1n) is 12.4. The predicted octanol–water partition coefficient (Wildman–Crippen LogP) is 3.45. The molecule has 0 radical (unpaired) electrons. The fraction of sp³-hybridized carbons (Fsp3) is 0.538. The van der Waals surface area contributed by atoms with Crippen molar-refractivity contribution >= 4 is 9.84 Å². The van der Waals surface area contributed by atoms with Crippen molar-refractivity contribution in [2.75, 3.05) is 39.3 Å². The maximum absolute atomic E-state index is 13.5. The van der Waals surface area contributed by atoms with Crippen LogP contribution in [0.15, 0.2) is 46.2 Å². The van der Waals surface area contributed by atoms with Crippen LogP contribution < -0.4 is 9.47 Å². The number of sulfone groups is 1. The number of hydrogen-bond donors (Lipinski definition) is 0. The zero-order valence-electron chi connectivity index (χ0n) is 18.8. The molecule has 174 valence electrons. The SMILES string of the molecule is O=S1(=O)c2cc(O[C@@H]3CN4CCC3CC4)ccc2-c2ccc(O[C@@H]3CN4CCC3CC4)cc21. The highest BCUT2D eigenvalue weighted by Gasteiger charge is 2.38. The van der Waals surface area contributed by atoms with E-state index in [2.05, 4.69) is 9.80 Å². The van der Waals surface area contributed by atoms with Gasteiger partial charge in [-0.15, -0.1) is 0 Å². The molecule has 0 saturated carbocycles. The molecule has 7 aliphatic rings. The van der Waals surface area contributed by atoms with Gasteiger partial charge in [0.25, 0.3) is 0 Å². The summed E-state index contributed by atoms with van der Waals surface area (Å²) in [4.78, 5) is 5.61. The van der Waals surface area contributed by atoms with Gasteiger partial charge in [0.15, 0.2) is 0 Å². The molecule has 33 heavy (non-hydrogen) atoms. The molecule has 7 heteroatoms. The number of benzene rings is 2. The second-order valence-electron chi connectivity index (χ2n) is 10.4. The predicted molar refractivity (Wildman–Crippen MR) is 124 cm³/mol. The number of piperidine rings is 6.